The summed E-state index contributed by atoms with van der Waals surface area (Å²) in [5.74, 6) is 0. The van der Waals surface area contributed by atoms with E-state index < -0.39 is 10.1 Å². The molecule has 0 spiro atoms. The highest BCUT2D eigenvalue weighted by atomic mass is 32.2. The van der Waals surface area contributed by atoms with Crippen molar-refractivity contribution in [3.05, 3.63) is 11.4 Å². The van der Waals surface area contributed by atoms with Gasteiger partial charge in [-0.25, -0.2) is 0 Å². The molecule has 0 radical (unpaired) electrons. The second-order valence-corrected chi connectivity index (χ2v) is 3.75. The van der Waals surface area contributed by atoms with Gasteiger partial charge < -0.3 is 0 Å². The molecule has 1 N–H and O–H groups in total. The number of hydrogen-bond donors (Lipinski definition) is 1. The van der Waals surface area contributed by atoms with Crippen LogP contribution < -0.4 is 0 Å². The zero-order valence-electron chi connectivity index (χ0n) is 7.46. The van der Waals surface area contributed by atoms with E-state index >= 15 is 0 Å². The van der Waals surface area contributed by atoms with E-state index in [4.69, 9.17) is 4.55 Å². The molecule has 7 nitrogen and oxygen atoms in total. The van der Waals surface area contributed by atoms with Gasteiger partial charge in [0.25, 0.3) is 10.1 Å². The molecule has 8 heteroatoms. The molecule has 13 heavy (non-hydrogen) atoms. The van der Waals surface area contributed by atoms with Gasteiger partial charge >= 0.3 is 0 Å². The molecular formula is C5H10N4O3S. The summed E-state index contributed by atoms with van der Waals surface area (Å²) in [6.07, 6.45) is 0.715. The maximum Gasteiger partial charge on any atom is 0.261 e. The molecule has 0 aliphatic heterocycles. The van der Waals surface area contributed by atoms with E-state index in [1.54, 1.807) is 0 Å². The molecule has 0 aliphatic carbocycles. The van der Waals surface area contributed by atoms with Crippen LogP contribution in [0.2, 0.25) is 0 Å². The van der Waals surface area contributed by atoms with Crippen molar-refractivity contribution in [3.63, 3.8) is 0 Å². The van der Waals surface area contributed by atoms with E-state index in [-0.39, 0.29) is 0 Å². The predicted molar refractivity (Wildman–Crippen MR) is 44.6 cm³/mol. The van der Waals surface area contributed by atoms with Crippen LogP contribution in [-0.4, -0.2) is 39.9 Å². The fraction of sp³-hybridized carbons (Fsp3) is 0.600. The van der Waals surface area contributed by atoms with Gasteiger partial charge in [-0.15, -0.1) is 10.2 Å². The highest BCUT2D eigenvalue weighted by Gasteiger charge is 1.90. The predicted octanol–water partition coefficient (Wildman–Crippen LogP) is -0.613. The summed E-state index contributed by atoms with van der Waals surface area (Å²) >= 11 is 0. The van der Waals surface area contributed by atoms with Gasteiger partial charge in [0, 0.05) is 0 Å². The third-order valence-electron chi connectivity index (χ3n) is 0.953. The minimum absolute atomic E-state index is 0.715. The Morgan fingerprint density at radius 2 is 1.31 bits per heavy atom. The van der Waals surface area contributed by atoms with Gasteiger partial charge in [-0.1, -0.05) is 0 Å². The van der Waals surface area contributed by atoms with E-state index in [1.807, 2.05) is 13.8 Å². The van der Waals surface area contributed by atoms with Crippen LogP contribution in [0.25, 0.3) is 0 Å². The lowest BCUT2D eigenvalue weighted by Gasteiger charge is -1.87. The fourth-order valence-corrected chi connectivity index (χ4v) is 0.319. The van der Waals surface area contributed by atoms with Crippen molar-refractivity contribution < 1.29 is 13.0 Å². The molecule has 0 bridgehead atoms. The Hall–Kier alpha value is -1.15. The molecule has 0 unspecified atom stereocenters. The molecule has 0 amide bonds. The fourth-order valence-electron chi connectivity index (χ4n) is 0.319. The average Bonchev–Trinajstić information content (AvgIpc) is 1.92. The molecule has 0 aliphatic rings. The van der Waals surface area contributed by atoms with Crippen molar-refractivity contribution in [2.45, 2.75) is 13.8 Å². The van der Waals surface area contributed by atoms with Crippen LogP contribution in [0.1, 0.15) is 11.4 Å². The number of aromatic nitrogens is 4. The maximum absolute atomic E-state index is 9.19. The second-order valence-electron chi connectivity index (χ2n) is 2.28. The molecule has 0 saturated heterocycles. The molecule has 0 atom stereocenters. The standard InChI is InChI=1S/C4H6N4.CH4O3S/c1-3-4(2)6-8-7-5-3;1-5(2,3)4/h1-2H3;1H3,(H,2,3,4). The first-order chi connectivity index (χ1) is 5.80. The summed E-state index contributed by atoms with van der Waals surface area (Å²) in [5, 5.41) is 14.0. The molecule has 74 valence electrons. The van der Waals surface area contributed by atoms with Crippen LogP contribution >= 0.6 is 0 Å². The van der Waals surface area contributed by atoms with Crippen molar-refractivity contribution in [1.29, 1.82) is 0 Å². The Bertz CT molecular complexity index is 335. The molecule has 1 heterocycles. The van der Waals surface area contributed by atoms with E-state index in [2.05, 4.69) is 20.6 Å². The van der Waals surface area contributed by atoms with Crippen LogP contribution in [0.5, 0.6) is 0 Å². The van der Waals surface area contributed by atoms with E-state index in [9.17, 15) is 8.42 Å². The van der Waals surface area contributed by atoms with Gasteiger partial charge in [-0.2, -0.15) is 8.42 Å². The normalized spacial score (nSPS) is 10.2. The quantitative estimate of drug-likeness (QED) is 0.564. The number of rotatable bonds is 0. The molecule has 0 fully saturated rings. The molecule has 1 rings (SSSR count). The first-order valence-electron chi connectivity index (χ1n) is 3.22. The maximum atomic E-state index is 9.19. The molecule has 1 aromatic heterocycles. The van der Waals surface area contributed by atoms with Crippen LogP contribution in [0.15, 0.2) is 0 Å². The van der Waals surface area contributed by atoms with Crippen LogP contribution in [0.4, 0.5) is 0 Å². The Morgan fingerprint density at radius 3 is 1.46 bits per heavy atom. The van der Waals surface area contributed by atoms with E-state index in [0.29, 0.717) is 6.26 Å². The number of hydrogen-bond acceptors (Lipinski definition) is 6. The van der Waals surface area contributed by atoms with Crippen LogP contribution in [-0.2, 0) is 10.1 Å². The lowest BCUT2D eigenvalue weighted by Crippen LogP contribution is -1.97. The van der Waals surface area contributed by atoms with Crippen molar-refractivity contribution in [3.8, 4) is 0 Å². The van der Waals surface area contributed by atoms with Crippen molar-refractivity contribution in [1.82, 2.24) is 20.6 Å². The number of aryl methyl sites for hydroxylation is 2. The average molecular weight is 206 g/mol. The van der Waals surface area contributed by atoms with Gasteiger partial charge in [0.05, 0.1) is 17.6 Å². The zero-order valence-corrected chi connectivity index (χ0v) is 8.28. The Balaban J connectivity index is 0.000000252. The monoisotopic (exact) mass is 206 g/mol. The summed E-state index contributed by atoms with van der Waals surface area (Å²) in [6.45, 7) is 3.69. The third-order valence-corrected chi connectivity index (χ3v) is 0.953. The molecular weight excluding hydrogens is 196 g/mol. The molecule has 0 aromatic carbocycles. The third kappa shape index (κ3) is 8.76. The first kappa shape index (κ1) is 11.8. The molecule has 0 saturated carbocycles. The first-order valence-corrected chi connectivity index (χ1v) is 5.07. The van der Waals surface area contributed by atoms with Gasteiger partial charge in [-0.05, 0) is 24.3 Å². The van der Waals surface area contributed by atoms with Gasteiger partial charge in [0.2, 0.25) is 0 Å². The largest absolute Gasteiger partial charge is 0.286 e. The summed E-state index contributed by atoms with van der Waals surface area (Å²) in [4.78, 5) is 0. The minimum atomic E-state index is -3.67. The summed E-state index contributed by atoms with van der Waals surface area (Å²) in [7, 11) is -3.67. The minimum Gasteiger partial charge on any atom is -0.286 e. The van der Waals surface area contributed by atoms with Crippen molar-refractivity contribution in [2.75, 3.05) is 6.26 Å². The zero-order chi connectivity index (χ0) is 10.5. The highest BCUT2D eigenvalue weighted by molar-refractivity contribution is 7.85. The van der Waals surface area contributed by atoms with Crippen molar-refractivity contribution in [2.24, 2.45) is 0 Å². The van der Waals surface area contributed by atoms with E-state index in [1.165, 1.54) is 0 Å². The Labute approximate surface area is 75.9 Å². The topological polar surface area (TPSA) is 106 Å². The van der Waals surface area contributed by atoms with Gasteiger partial charge in [0.1, 0.15) is 0 Å². The van der Waals surface area contributed by atoms with Gasteiger partial charge in [0.15, 0.2) is 0 Å². The second kappa shape index (κ2) is 4.77. The SMILES string of the molecule is CS(=O)(=O)O.Cc1nnnnc1C. The lowest BCUT2D eigenvalue weighted by atomic mass is 10.4. The smallest absolute Gasteiger partial charge is 0.261 e. The van der Waals surface area contributed by atoms with E-state index in [0.717, 1.165) is 11.4 Å². The molecule has 1 aromatic rings. The van der Waals surface area contributed by atoms with Gasteiger partial charge in [-0.3, -0.25) is 4.55 Å². The summed E-state index contributed by atoms with van der Waals surface area (Å²) in [5.41, 5.74) is 1.67. The summed E-state index contributed by atoms with van der Waals surface area (Å²) < 4.78 is 25.9. The summed E-state index contributed by atoms with van der Waals surface area (Å²) in [6, 6.07) is 0. The Morgan fingerprint density at radius 1 is 1.08 bits per heavy atom. The van der Waals surface area contributed by atoms with Crippen LogP contribution in [0, 0.1) is 13.8 Å². The lowest BCUT2D eigenvalue weighted by molar-refractivity contribution is 0.490. The van der Waals surface area contributed by atoms with Crippen LogP contribution in [0.3, 0.4) is 0 Å². The number of nitrogens with zero attached hydrogens (tertiary/aromatic N) is 4. The highest BCUT2D eigenvalue weighted by Crippen LogP contribution is 1.89. The Kier molecular flexibility index (Phi) is 4.35. The van der Waals surface area contributed by atoms with Crippen molar-refractivity contribution >= 4 is 10.1 Å².